The van der Waals surface area contributed by atoms with Gasteiger partial charge in [-0.05, 0) is 24.7 Å². The Labute approximate surface area is 102 Å². The van der Waals surface area contributed by atoms with Crippen LogP contribution in [0.25, 0.3) is 0 Å². The van der Waals surface area contributed by atoms with E-state index in [4.69, 9.17) is 11.6 Å². The van der Waals surface area contributed by atoms with Crippen LogP contribution in [0.2, 0.25) is 5.15 Å². The molecule has 0 bridgehead atoms. The number of nitrogens with one attached hydrogen (secondary N) is 1. The molecule has 88 valence electrons. The summed E-state index contributed by atoms with van der Waals surface area (Å²) in [7, 11) is 0. The van der Waals surface area contributed by atoms with Crippen LogP contribution < -0.4 is 5.32 Å². The van der Waals surface area contributed by atoms with Crippen LogP contribution >= 0.6 is 11.6 Å². The van der Waals surface area contributed by atoms with E-state index in [-0.39, 0.29) is 0 Å². The van der Waals surface area contributed by atoms with Crippen molar-refractivity contribution in [1.82, 2.24) is 9.97 Å². The highest BCUT2D eigenvalue weighted by molar-refractivity contribution is 6.29. The van der Waals surface area contributed by atoms with Gasteiger partial charge in [0.15, 0.2) is 0 Å². The molecule has 0 amide bonds. The van der Waals surface area contributed by atoms with E-state index in [1.807, 2.05) is 6.92 Å². The van der Waals surface area contributed by atoms with Gasteiger partial charge in [-0.25, -0.2) is 9.97 Å². The number of nitrogens with zero attached hydrogens (tertiary/aromatic N) is 2. The number of halogens is 1. The molecule has 4 heteroatoms. The summed E-state index contributed by atoms with van der Waals surface area (Å²) in [5.41, 5.74) is 0. The van der Waals surface area contributed by atoms with Crippen LogP contribution in [0.3, 0.4) is 0 Å². The lowest BCUT2D eigenvalue weighted by Gasteiger charge is -2.12. The fourth-order valence-electron chi connectivity index (χ4n) is 1.81. The molecule has 0 spiro atoms. The molecule has 1 aliphatic rings. The van der Waals surface area contributed by atoms with Crippen molar-refractivity contribution < 1.29 is 0 Å². The quantitative estimate of drug-likeness (QED) is 0.803. The maximum atomic E-state index is 5.93. The van der Waals surface area contributed by atoms with Gasteiger partial charge in [0.2, 0.25) is 0 Å². The van der Waals surface area contributed by atoms with Gasteiger partial charge in [-0.2, -0.15) is 0 Å². The zero-order valence-corrected chi connectivity index (χ0v) is 10.6. The zero-order chi connectivity index (χ0) is 11.5. The summed E-state index contributed by atoms with van der Waals surface area (Å²) in [4.78, 5) is 8.54. The van der Waals surface area contributed by atoms with Crippen molar-refractivity contribution in [3.05, 3.63) is 17.0 Å². The minimum Gasteiger partial charge on any atom is -0.370 e. The van der Waals surface area contributed by atoms with Crippen LogP contribution in [0.5, 0.6) is 0 Å². The lowest BCUT2D eigenvalue weighted by molar-refractivity contribution is 0.535. The molecule has 2 rings (SSSR count). The van der Waals surface area contributed by atoms with Crippen LogP contribution in [-0.2, 0) is 6.42 Å². The molecule has 1 fully saturated rings. The highest BCUT2D eigenvalue weighted by atomic mass is 35.5. The SMILES string of the molecule is CCc1nc(Cl)cc(NCC(C)C2CC2)n1. The topological polar surface area (TPSA) is 37.8 Å². The molecular formula is C12H18ClN3. The number of rotatable bonds is 5. The van der Waals surface area contributed by atoms with Gasteiger partial charge in [0.25, 0.3) is 0 Å². The van der Waals surface area contributed by atoms with E-state index < -0.39 is 0 Å². The molecule has 3 nitrogen and oxygen atoms in total. The van der Waals surface area contributed by atoms with Crippen molar-refractivity contribution in [2.24, 2.45) is 11.8 Å². The third-order valence-electron chi connectivity index (χ3n) is 3.09. The van der Waals surface area contributed by atoms with Gasteiger partial charge in [0, 0.05) is 19.0 Å². The molecule has 1 aliphatic carbocycles. The molecule has 16 heavy (non-hydrogen) atoms. The van der Waals surface area contributed by atoms with E-state index in [9.17, 15) is 0 Å². The third kappa shape index (κ3) is 3.08. The average molecular weight is 240 g/mol. The van der Waals surface area contributed by atoms with Crippen LogP contribution in [0, 0.1) is 11.8 Å². The normalized spacial score (nSPS) is 17.2. The van der Waals surface area contributed by atoms with Crippen LogP contribution in [0.4, 0.5) is 5.82 Å². The maximum Gasteiger partial charge on any atom is 0.134 e. The monoisotopic (exact) mass is 239 g/mol. The first-order valence-corrected chi connectivity index (χ1v) is 6.34. The number of hydrogen-bond acceptors (Lipinski definition) is 3. The fourth-order valence-corrected chi connectivity index (χ4v) is 2.01. The van der Waals surface area contributed by atoms with Gasteiger partial charge in [-0.1, -0.05) is 25.4 Å². The Morgan fingerprint density at radius 3 is 2.88 bits per heavy atom. The van der Waals surface area contributed by atoms with Crippen LogP contribution in [0.15, 0.2) is 6.07 Å². The molecule has 1 heterocycles. The van der Waals surface area contributed by atoms with Crippen molar-refractivity contribution in [3.8, 4) is 0 Å². The maximum absolute atomic E-state index is 5.93. The lowest BCUT2D eigenvalue weighted by atomic mass is 10.1. The first-order chi connectivity index (χ1) is 7.69. The van der Waals surface area contributed by atoms with E-state index in [1.165, 1.54) is 12.8 Å². The summed E-state index contributed by atoms with van der Waals surface area (Å²) in [6.07, 6.45) is 3.58. The summed E-state index contributed by atoms with van der Waals surface area (Å²) >= 11 is 5.93. The average Bonchev–Trinajstić information content (AvgIpc) is 3.08. The van der Waals surface area contributed by atoms with Crippen LogP contribution in [-0.4, -0.2) is 16.5 Å². The fraction of sp³-hybridized carbons (Fsp3) is 0.667. The van der Waals surface area contributed by atoms with Gasteiger partial charge in [0.05, 0.1) is 0 Å². The van der Waals surface area contributed by atoms with Gasteiger partial charge >= 0.3 is 0 Å². The summed E-state index contributed by atoms with van der Waals surface area (Å²) in [6.45, 7) is 5.29. The molecule has 0 radical (unpaired) electrons. The second kappa shape index (κ2) is 5.00. The van der Waals surface area contributed by atoms with E-state index >= 15 is 0 Å². The Bertz CT molecular complexity index is 363. The Hall–Kier alpha value is -0.830. The third-order valence-corrected chi connectivity index (χ3v) is 3.28. The van der Waals surface area contributed by atoms with Crippen molar-refractivity contribution >= 4 is 17.4 Å². The van der Waals surface area contributed by atoms with Crippen LogP contribution in [0.1, 0.15) is 32.5 Å². The molecule has 0 aliphatic heterocycles. The molecule has 1 aromatic heterocycles. The smallest absolute Gasteiger partial charge is 0.134 e. The van der Waals surface area contributed by atoms with Crippen molar-refractivity contribution in [1.29, 1.82) is 0 Å². The van der Waals surface area contributed by atoms with Gasteiger partial charge < -0.3 is 5.32 Å². The molecular weight excluding hydrogens is 222 g/mol. The molecule has 1 atom stereocenters. The predicted octanol–water partition coefficient (Wildman–Crippen LogP) is 3.15. The highest BCUT2D eigenvalue weighted by Crippen LogP contribution is 2.36. The molecule has 1 unspecified atom stereocenters. The van der Waals surface area contributed by atoms with Crippen molar-refractivity contribution in [2.45, 2.75) is 33.1 Å². The summed E-state index contributed by atoms with van der Waals surface area (Å²) in [5, 5.41) is 3.87. The number of anilines is 1. The molecule has 0 saturated heterocycles. The first-order valence-electron chi connectivity index (χ1n) is 5.96. The van der Waals surface area contributed by atoms with Gasteiger partial charge in [0.1, 0.15) is 16.8 Å². The molecule has 0 aromatic carbocycles. The number of aryl methyl sites for hydroxylation is 1. The first kappa shape index (κ1) is 11.6. The Morgan fingerprint density at radius 2 is 2.25 bits per heavy atom. The summed E-state index contributed by atoms with van der Waals surface area (Å²) in [5.74, 6) is 3.28. The Kier molecular flexibility index (Phi) is 3.64. The molecule has 1 N–H and O–H groups in total. The molecule has 1 aromatic rings. The number of aromatic nitrogens is 2. The molecule has 1 saturated carbocycles. The van der Waals surface area contributed by atoms with Crippen molar-refractivity contribution in [2.75, 3.05) is 11.9 Å². The van der Waals surface area contributed by atoms with Gasteiger partial charge in [-0.3, -0.25) is 0 Å². The Morgan fingerprint density at radius 1 is 1.50 bits per heavy atom. The number of hydrogen-bond donors (Lipinski definition) is 1. The summed E-state index contributed by atoms with van der Waals surface area (Å²) < 4.78 is 0. The summed E-state index contributed by atoms with van der Waals surface area (Å²) in [6, 6.07) is 1.79. The second-order valence-corrected chi connectivity index (χ2v) is 4.93. The lowest BCUT2D eigenvalue weighted by Crippen LogP contribution is -2.14. The van der Waals surface area contributed by atoms with E-state index in [1.54, 1.807) is 6.07 Å². The Balaban J connectivity index is 1.94. The minimum absolute atomic E-state index is 0.522. The van der Waals surface area contributed by atoms with E-state index in [0.29, 0.717) is 5.15 Å². The minimum atomic E-state index is 0.522. The van der Waals surface area contributed by atoms with Crippen molar-refractivity contribution in [3.63, 3.8) is 0 Å². The van der Waals surface area contributed by atoms with E-state index in [2.05, 4.69) is 22.2 Å². The largest absolute Gasteiger partial charge is 0.370 e. The second-order valence-electron chi connectivity index (χ2n) is 4.54. The van der Waals surface area contributed by atoms with Gasteiger partial charge in [-0.15, -0.1) is 0 Å². The standard InChI is InChI=1S/C12H18ClN3/c1-3-11-15-10(13)6-12(16-11)14-7-8(2)9-4-5-9/h6,8-9H,3-5,7H2,1-2H3,(H,14,15,16). The van der Waals surface area contributed by atoms with E-state index in [0.717, 1.165) is 36.4 Å². The predicted molar refractivity (Wildman–Crippen MR) is 66.8 cm³/mol. The highest BCUT2D eigenvalue weighted by Gasteiger charge is 2.27. The zero-order valence-electron chi connectivity index (χ0n) is 9.83.